The largest absolute Gasteiger partial charge is 0.452 e. The van der Waals surface area contributed by atoms with Crippen LogP contribution in [-0.4, -0.2) is 23.1 Å². The van der Waals surface area contributed by atoms with Crippen molar-refractivity contribution in [1.82, 2.24) is 5.16 Å². The van der Waals surface area contributed by atoms with Gasteiger partial charge in [-0.3, -0.25) is 9.59 Å². The third-order valence-corrected chi connectivity index (χ3v) is 4.43. The van der Waals surface area contributed by atoms with Gasteiger partial charge in [-0.05, 0) is 36.1 Å². The van der Waals surface area contributed by atoms with Gasteiger partial charge in [-0.2, -0.15) is 0 Å². The molecule has 0 aliphatic rings. The van der Waals surface area contributed by atoms with Crippen LogP contribution < -0.4 is 5.32 Å². The van der Waals surface area contributed by atoms with Gasteiger partial charge in [0.2, 0.25) is 0 Å². The van der Waals surface area contributed by atoms with Gasteiger partial charge in [0.1, 0.15) is 5.76 Å². The van der Waals surface area contributed by atoms with Gasteiger partial charge in [-0.25, -0.2) is 0 Å². The van der Waals surface area contributed by atoms with Crippen molar-refractivity contribution in [3.63, 3.8) is 0 Å². The summed E-state index contributed by atoms with van der Waals surface area (Å²) in [6.07, 6.45) is 1.39. The quantitative estimate of drug-likeness (QED) is 0.585. The van der Waals surface area contributed by atoms with E-state index in [1.165, 1.54) is 0 Å². The maximum atomic E-state index is 12.5. The fourth-order valence-electron chi connectivity index (χ4n) is 2.98. The molecule has 0 aliphatic heterocycles. The van der Waals surface area contributed by atoms with Gasteiger partial charge in [0.25, 0.3) is 5.91 Å². The van der Waals surface area contributed by atoms with E-state index in [9.17, 15) is 9.59 Å². The lowest BCUT2D eigenvalue weighted by Gasteiger charge is -2.16. The number of ether oxygens (including phenoxy) is 1. The average Bonchev–Trinajstić information content (AvgIpc) is 3.09. The molecule has 2 aromatic carbocycles. The molecular weight excluding hydrogens is 356 g/mol. The van der Waals surface area contributed by atoms with Crippen molar-refractivity contribution in [1.29, 1.82) is 0 Å². The van der Waals surface area contributed by atoms with Gasteiger partial charge in [0.05, 0.1) is 6.42 Å². The number of nitrogens with zero attached hydrogens (tertiary/aromatic N) is 1. The maximum absolute atomic E-state index is 12.5. The lowest BCUT2D eigenvalue weighted by Crippen LogP contribution is -2.33. The minimum Gasteiger partial charge on any atom is -0.452 e. The van der Waals surface area contributed by atoms with E-state index in [4.69, 9.17) is 9.26 Å². The third-order valence-electron chi connectivity index (χ3n) is 4.43. The summed E-state index contributed by atoms with van der Waals surface area (Å²) in [4.78, 5) is 25.0. The summed E-state index contributed by atoms with van der Waals surface area (Å²) >= 11 is 0. The van der Waals surface area contributed by atoms with Gasteiger partial charge < -0.3 is 14.6 Å². The Morgan fingerprint density at radius 2 is 1.93 bits per heavy atom. The van der Waals surface area contributed by atoms with E-state index >= 15 is 0 Å². The van der Waals surface area contributed by atoms with Gasteiger partial charge in [-0.1, -0.05) is 61.0 Å². The number of amides is 1. The number of carbonyl (C=O) groups excluding carboxylic acids is 2. The van der Waals surface area contributed by atoms with E-state index in [-0.39, 0.29) is 6.42 Å². The van der Waals surface area contributed by atoms with Crippen LogP contribution in [-0.2, 0) is 20.7 Å². The van der Waals surface area contributed by atoms with E-state index in [0.717, 1.165) is 29.2 Å². The van der Waals surface area contributed by atoms with Crippen LogP contribution in [0.2, 0.25) is 0 Å². The number of hydrogen-bond acceptors (Lipinski definition) is 5. The van der Waals surface area contributed by atoms with E-state index in [0.29, 0.717) is 18.0 Å². The number of nitrogens with one attached hydrogen (secondary N) is 1. The highest BCUT2D eigenvalue weighted by atomic mass is 16.5. The van der Waals surface area contributed by atoms with Crippen molar-refractivity contribution in [2.45, 2.75) is 45.6 Å². The predicted octanol–water partition coefficient (Wildman–Crippen LogP) is 4.42. The van der Waals surface area contributed by atoms with Gasteiger partial charge in [-0.15, -0.1) is 0 Å². The molecule has 0 fully saturated rings. The van der Waals surface area contributed by atoms with Crippen molar-refractivity contribution < 1.29 is 18.8 Å². The molecule has 1 amide bonds. The molecule has 1 N–H and O–H groups in total. The lowest BCUT2D eigenvalue weighted by atomic mass is 10.1. The maximum Gasteiger partial charge on any atom is 0.311 e. The number of anilines is 1. The standard InChI is InChI=1S/C22H24N2O4/c1-3-4-9-19(22(26)23-20-12-15(2)28-24-20)27-21(25)14-16-10-11-17-7-5-6-8-18(17)13-16/h5-8,10-13,19H,3-4,9,14H2,1-2H3,(H,23,24,26). The molecule has 146 valence electrons. The molecule has 6 nitrogen and oxygen atoms in total. The fraction of sp³-hybridized carbons (Fsp3) is 0.318. The van der Waals surface area contributed by atoms with Crippen LogP contribution in [0.25, 0.3) is 10.8 Å². The van der Waals surface area contributed by atoms with Crippen molar-refractivity contribution in [2.24, 2.45) is 0 Å². The van der Waals surface area contributed by atoms with Crippen molar-refractivity contribution >= 4 is 28.5 Å². The van der Waals surface area contributed by atoms with Crippen LogP contribution in [0.1, 0.15) is 37.5 Å². The molecule has 3 rings (SSSR count). The molecule has 6 heteroatoms. The Kier molecular flexibility index (Phi) is 6.42. The Balaban J connectivity index is 1.64. The Bertz CT molecular complexity index is 964. The number of hydrogen-bond donors (Lipinski definition) is 1. The first-order valence-corrected chi connectivity index (χ1v) is 9.46. The molecule has 28 heavy (non-hydrogen) atoms. The zero-order valence-corrected chi connectivity index (χ0v) is 16.1. The number of rotatable bonds is 8. The van der Waals surface area contributed by atoms with Gasteiger partial charge in [0.15, 0.2) is 11.9 Å². The van der Waals surface area contributed by atoms with Gasteiger partial charge in [0, 0.05) is 6.07 Å². The molecule has 1 heterocycles. The summed E-state index contributed by atoms with van der Waals surface area (Å²) in [7, 11) is 0. The number of esters is 1. The highest BCUT2D eigenvalue weighted by Gasteiger charge is 2.23. The third kappa shape index (κ3) is 5.19. The summed E-state index contributed by atoms with van der Waals surface area (Å²) in [5.41, 5.74) is 0.852. The highest BCUT2D eigenvalue weighted by Crippen LogP contribution is 2.17. The van der Waals surface area contributed by atoms with Crippen LogP contribution in [0.4, 0.5) is 5.82 Å². The summed E-state index contributed by atoms with van der Waals surface area (Å²) in [5, 5.41) is 8.57. The molecular formula is C22H24N2O4. The molecule has 0 aliphatic carbocycles. The number of aromatic nitrogens is 1. The Morgan fingerprint density at radius 3 is 2.64 bits per heavy atom. The number of carbonyl (C=O) groups is 2. The van der Waals surface area contributed by atoms with Crippen molar-refractivity contribution in [2.75, 3.05) is 5.32 Å². The summed E-state index contributed by atoms with van der Waals surface area (Å²) in [5.74, 6) is 0.0831. The molecule has 0 saturated heterocycles. The van der Waals surface area contributed by atoms with E-state index < -0.39 is 18.0 Å². The van der Waals surface area contributed by atoms with E-state index in [1.54, 1.807) is 13.0 Å². The smallest absolute Gasteiger partial charge is 0.311 e. The Morgan fingerprint density at radius 1 is 1.14 bits per heavy atom. The average molecular weight is 380 g/mol. The first-order valence-electron chi connectivity index (χ1n) is 9.46. The van der Waals surface area contributed by atoms with Crippen LogP contribution >= 0.6 is 0 Å². The molecule has 1 aromatic heterocycles. The van der Waals surface area contributed by atoms with E-state index in [2.05, 4.69) is 10.5 Å². The summed E-state index contributed by atoms with van der Waals surface area (Å²) in [6, 6.07) is 15.4. The van der Waals surface area contributed by atoms with E-state index in [1.807, 2.05) is 49.4 Å². The SMILES string of the molecule is CCCCC(OC(=O)Cc1ccc2ccccc2c1)C(=O)Nc1cc(C)on1. The minimum absolute atomic E-state index is 0.115. The number of benzene rings is 2. The molecule has 0 saturated carbocycles. The zero-order valence-electron chi connectivity index (χ0n) is 16.1. The molecule has 0 spiro atoms. The van der Waals surface area contributed by atoms with Crippen LogP contribution in [0.5, 0.6) is 0 Å². The predicted molar refractivity (Wildman–Crippen MR) is 107 cm³/mol. The van der Waals surface area contributed by atoms with Crippen molar-refractivity contribution in [3.8, 4) is 0 Å². The molecule has 0 bridgehead atoms. The molecule has 3 aromatic rings. The van der Waals surface area contributed by atoms with Crippen LogP contribution in [0, 0.1) is 6.92 Å². The molecule has 1 atom stereocenters. The normalized spacial score (nSPS) is 11.9. The monoisotopic (exact) mass is 380 g/mol. The Labute approximate surface area is 163 Å². The van der Waals surface area contributed by atoms with Crippen LogP contribution in [0.15, 0.2) is 53.1 Å². The lowest BCUT2D eigenvalue weighted by molar-refractivity contribution is -0.154. The second-order valence-electron chi connectivity index (χ2n) is 6.79. The minimum atomic E-state index is -0.857. The summed E-state index contributed by atoms with van der Waals surface area (Å²) in [6.45, 7) is 3.76. The molecule has 1 unspecified atom stereocenters. The second kappa shape index (κ2) is 9.17. The summed E-state index contributed by atoms with van der Waals surface area (Å²) < 4.78 is 10.4. The number of unbranched alkanes of at least 4 members (excludes halogenated alkanes) is 1. The van der Waals surface area contributed by atoms with Gasteiger partial charge >= 0.3 is 5.97 Å². The number of fused-ring (bicyclic) bond motifs is 1. The first-order chi connectivity index (χ1) is 13.5. The zero-order chi connectivity index (χ0) is 19.9. The number of aryl methyl sites for hydroxylation is 1. The first kappa shape index (κ1) is 19.6. The molecule has 0 radical (unpaired) electrons. The second-order valence-corrected chi connectivity index (χ2v) is 6.79. The fourth-order valence-corrected chi connectivity index (χ4v) is 2.98. The van der Waals surface area contributed by atoms with Crippen LogP contribution in [0.3, 0.4) is 0 Å². The highest BCUT2D eigenvalue weighted by molar-refractivity contribution is 5.94. The van der Waals surface area contributed by atoms with Crippen molar-refractivity contribution in [3.05, 3.63) is 59.9 Å². The topological polar surface area (TPSA) is 81.4 Å². The Hall–Kier alpha value is -3.15.